The van der Waals surface area contributed by atoms with Crippen LogP contribution in [0, 0.1) is 11.6 Å². The Labute approximate surface area is 101 Å². The van der Waals surface area contributed by atoms with Crippen LogP contribution < -0.4 is 0 Å². The predicted octanol–water partition coefficient (Wildman–Crippen LogP) is 3.24. The maximum absolute atomic E-state index is 13.4. The van der Waals surface area contributed by atoms with Gasteiger partial charge in [0.25, 0.3) is 0 Å². The number of hydrogen-bond donors (Lipinski definition) is 0. The topological polar surface area (TPSA) is 30.0 Å². The highest BCUT2D eigenvalue weighted by Crippen LogP contribution is 2.15. The Bertz CT molecular complexity index is 569. The standard InChI is InChI=1S/C12H6ClF2NO/c13-11-4-1-7(6-16-11)12(17)9-3-2-8(14)5-10(9)15/h1-6H. The second-order valence-electron chi connectivity index (χ2n) is 3.32. The molecule has 0 bridgehead atoms. The van der Waals surface area contributed by atoms with Crippen molar-refractivity contribution in [1.82, 2.24) is 4.98 Å². The zero-order valence-electron chi connectivity index (χ0n) is 8.45. The molecule has 0 fully saturated rings. The minimum atomic E-state index is -0.898. The summed E-state index contributed by atoms with van der Waals surface area (Å²) in [6.07, 6.45) is 1.24. The van der Waals surface area contributed by atoms with Crippen LogP contribution in [0.25, 0.3) is 0 Å². The normalized spacial score (nSPS) is 10.3. The van der Waals surface area contributed by atoms with Crippen LogP contribution in [-0.2, 0) is 0 Å². The summed E-state index contributed by atoms with van der Waals surface area (Å²) < 4.78 is 26.0. The van der Waals surface area contributed by atoms with Gasteiger partial charge in [0.15, 0.2) is 5.78 Å². The van der Waals surface area contributed by atoms with E-state index in [4.69, 9.17) is 11.6 Å². The highest BCUT2D eigenvalue weighted by Gasteiger charge is 2.14. The first-order valence-electron chi connectivity index (χ1n) is 4.69. The number of carbonyl (C=O) groups is 1. The fourth-order valence-electron chi connectivity index (χ4n) is 1.34. The third-order valence-corrected chi connectivity index (χ3v) is 2.39. The first-order chi connectivity index (χ1) is 8.08. The molecule has 0 aliphatic rings. The van der Waals surface area contributed by atoms with Crippen LogP contribution in [0.4, 0.5) is 8.78 Å². The van der Waals surface area contributed by atoms with Gasteiger partial charge in [0.1, 0.15) is 16.8 Å². The molecule has 2 rings (SSSR count). The van der Waals surface area contributed by atoms with Crippen molar-refractivity contribution in [3.63, 3.8) is 0 Å². The molecule has 0 spiro atoms. The molecular weight excluding hydrogens is 248 g/mol. The molecule has 0 N–H and O–H groups in total. The molecule has 0 amide bonds. The maximum atomic E-state index is 13.4. The smallest absolute Gasteiger partial charge is 0.197 e. The van der Waals surface area contributed by atoms with E-state index in [-0.39, 0.29) is 16.3 Å². The van der Waals surface area contributed by atoms with Crippen LogP contribution in [0.1, 0.15) is 15.9 Å². The van der Waals surface area contributed by atoms with Crippen LogP contribution in [0.3, 0.4) is 0 Å². The maximum Gasteiger partial charge on any atom is 0.197 e. The van der Waals surface area contributed by atoms with Gasteiger partial charge >= 0.3 is 0 Å². The van der Waals surface area contributed by atoms with E-state index < -0.39 is 17.4 Å². The van der Waals surface area contributed by atoms with Crippen LogP contribution in [0.5, 0.6) is 0 Å². The lowest BCUT2D eigenvalue weighted by atomic mass is 10.0. The van der Waals surface area contributed by atoms with Crippen molar-refractivity contribution in [3.8, 4) is 0 Å². The predicted molar refractivity (Wildman–Crippen MR) is 59.0 cm³/mol. The Hall–Kier alpha value is -1.81. The SMILES string of the molecule is O=C(c1ccc(Cl)nc1)c1ccc(F)cc1F. The molecule has 5 heteroatoms. The van der Waals surface area contributed by atoms with Gasteiger partial charge in [-0.2, -0.15) is 0 Å². The number of ketones is 1. The van der Waals surface area contributed by atoms with Crippen molar-refractivity contribution in [2.45, 2.75) is 0 Å². The number of hydrogen-bond acceptors (Lipinski definition) is 2. The molecule has 0 saturated carbocycles. The van der Waals surface area contributed by atoms with Gasteiger partial charge in [-0.3, -0.25) is 4.79 Å². The Morgan fingerprint density at radius 1 is 1.18 bits per heavy atom. The summed E-state index contributed by atoms with van der Waals surface area (Å²) in [5.41, 5.74) is -0.00423. The fraction of sp³-hybridized carbons (Fsp3) is 0. The molecule has 0 saturated heterocycles. The highest BCUT2D eigenvalue weighted by atomic mass is 35.5. The van der Waals surface area contributed by atoms with E-state index in [1.807, 2.05) is 0 Å². The van der Waals surface area contributed by atoms with Crippen molar-refractivity contribution >= 4 is 17.4 Å². The first kappa shape index (κ1) is 11.7. The van der Waals surface area contributed by atoms with E-state index >= 15 is 0 Å². The highest BCUT2D eigenvalue weighted by molar-refractivity contribution is 6.29. The van der Waals surface area contributed by atoms with Gasteiger partial charge in [-0.15, -0.1) is 0 Å². The largest absolute Gasteiger partial charge is 0.288 e. The third kappa shape index (κ3) is 2.47. The molecule has 2 aromatic rings. The molecule has 86 valence electrons. The summed E-state index contributed by atoms with van der Waals surface area (Å²) in [4.78, 5) is 15.6. The third-order valence-electron chi connectivity index (χ3n) is 2.17. The average molecular weight is 254 g/mol. The second kappa shape index (κ2) is 4.59. The molecule has 0 aliphatic carbocycles. The average Bonchev–Trinajstić information content (AvgIpc) is 2.29. The number of nitrogens with zero attached hydrogens (tertiary/aromatic N) is 1. The molecule has 1 aromatic heterocycles. The summed E-state index contributed by atoms with van der Waals surface area (Å²) in [6, 6.07) is 5.65. The lowest BCUT2D eigenvalue weighted by Crippen LogP contribution is -2.05. The van der Waals surface area contributed by atoms with Gasteiger partial charge in [0.2, 0.25) is 0 Å². The van der Waals surface area contributed by atoms with E-state index in [2.05, 4.69) is 4.98 Å². The minimum absolute atomic E-state index is 0.194. The van der Waals surface area contributed by atoms with Crippen LogP contribution in [0.15, 0.2) is 36.5 Å². The van der Waals surface area contributed by atoms with Gasteiger partial charge in [-0.25, -0.2) is 13.8 Å². The second-order valence-corrected chi connectivity index (χ2v) is 3.71. The number of halogens is 3. The summed E-state index contributed by atoms with van der Waals surface area (Å²) in [5.74, 6) is -2.19. The first-order valence-corrected chi connectivity index (χ1v) is 5.07. The summed E-state index contributed by atoms with van der Waals surface area (Å²) in [5, 5.41) is 0.237. The summed E-state index contributed by atoms with van der Waals surface area (Å²) in [7, 11) is 0. The Kier molecular flexibility index (Phi) is 3.15. The van der Waals surface area contributed by atoms with Gasteiger partial charge in [0, 0.05) is 17.8 Å². The molecule has 0 radical (unpaired) electrons. The van der Waals surface area contributed by atoms with Crippen LogP contribution in [0.2, 0.25) is 5.15 Å². The van der Waals surface area contributed by atoms with Crippen molar-refractivity contribution in [3.05, 3.63) is 64.4 Å². The Morgan fingerprint density at radius 3 is 2.53 bits per heavy atom. The van der Waals surface area contributed by atoms with Gasteiger partial charge < -0.3 is 0 Å². The van der Waals surface area contributed by atoms with Gasteiger partial charge in [0.05, 0.1) is 5.56 Å². The number of rotatable bonds is 2. The Balaban J connectivity index is 2.40. The van der Waals surface area contributed by atoms with E-state index in [1.165, 1.54) is 18.3 Å². The fourth-order valence-corrected chi connectivity index (χ4v) is 1.45. The minimum Gasteiger partial charge on any atom is -0.288 e. The quantitative estimate of drug-likeness (QED) is 0.607. The molecule has 2 nitrogen and oxygen atoms in total. The molecule has 17 heavy (non-hydrogen) atoms. The van der Waals surface area contributed by atoms with Gasteiger partial charge in [-0.05, 0) is 24.3 Å². The number of pyridine rings is 1. The molecule has 0 aliphatic heterocycles. The van der Waals surface area contributed by atoms with Crippen molar-refractivity contribution in [1.29, 1.82) is 0 Å². The van der Waals surface area contributed by atoms with Crippen LogP contribution in [-0.4, -0.2) is 10.8 Å². The summed E-state index contributed by atoms with van der Waals surface area (Å²) in [6.45, 7) is 0. The van der Waals surface area contributed by atoms with E-state index in [0.717, 1.165) is 12.1 Å². The van der Waals surface area contributed by atoms with E-state index in [9.17, 15) is 13.6 Å². The molecule has 0 unspecified atom stereocenters. The molecule has 1 heterocycles. The molecule has 0 atom stereocenters. The lowest BCUT2D eigenvalue weighted by molar-refractivity contribution is 0.103. The Morgan fingerprint density at radius 2 is 1.94 bits per heavy atom. The van der Waals surface area contributed by atoms with Crippen LogP contribution >= 0.6 is 11.6 Å². The zero-order valence-corrected chi connectivity index (χ0v) is 9.21. The summed E-state index contributed by atoms with van der Waals surface area (Å²) >= 11 is 5.57. The van der Waals surface area contributed by atoms with Crippen molar-refractivity contribution in [2.75, 3.05) is 0 Å². The number of aromatic nitrogens is 1. The molecule has 1 aromatic carbocycles. The van der Waals surface area contributed by atoms with Crippen molar-refractivity contribution in [2.24, 2.45) is 0 Å². The van der Waals surface area contributed by atoms with Gasteiger partial charge in [-0.1, -0.05) is 11.6 Å². The van der Waals surface area contributed by atoms with E-state index in [0.29, 0.717) is 6.07 Å². The number of carbonyl (C=O) groups excluding carboxylic acids is 1. The zero-order chi connectivity index (χ0) is 12.4. The lowest BCUT2D eigenvalue weighted by Gasteiger charge is -2.02. The monoisotopic (exact) mass is 253 g/mol. The van der Waals surface area contributed by atoms with E-state index in [1.54, 1.807) is 0 Å². The number of benzene rings is 1. The van der Waals surface area contributed by atoms with Crippen molar-refractivity contribution < 1.29 is 13.6 Å². The molecular formula is C12H6ClF2NO.